The highest BCUT2D eigenvalue weighted by Gasteiger charge is 2.25. The topological polar surface area (TPSA) is 45.2 Å². The molecule has 0 saturated carbocycles. The van der Waals surface area contributed by atoms with E-state index < -0.39 is 0 Å². The Hall–Kier alpha value is -3.25. The molecule has 1 aliphatic carbocycles. The van der Waals surface area contributed by atoms with E-state index in [2.05, 4.69) is 24.0 Å². The van der Waals surface area contributed by atoms with E-state index in [0.717, 1.165) is 49.4 Å². The summed E-state index contributed by atoms with van der Waals surface area (Å²) in [7, 11) is 5.61. The second kappa shape index (κ2) is 11.7. The first-order valence-electron chi connectivity index (χ1n) is 12.7. The molecular formula is C30H37FN2O3. The van der Waals surface area contributed by atoms with E-state index in [4.69, 9.17) is 9.47 Å². The number of phenols is 1. The van der Waals surface area contributed by atoms with Crippen LogP contribution in [0.5, 0.6) is 17.2 Å². The normalized spacial score (nSPS) is 15.0. The third-order valence-corrected chi connectivity index (χ3v) is 6.98. The molecule has 0 fully saturated rings. The van der Waals surface area contributed by atoms with Crippen LogP contribution < -0.4 is 14.4 Å². The zero-order valence-electron chi connectivity index (χ0n) is 21.8. The summed E-state index contributed by atoms with van der Waals surface area (Å²) >= 11 is 0. The number of halogens is 1. The number of phenolic OH excluding ortho intramolecular Hbond substituents is 1. The molecule has 6 heteroatoms. The van der Waals surface area contributed by atoms with Crippen LogP contribution in [0.3, 0.4) is 0 Å². The quantitative estimate of drug-likeness (QED) is 0.389. The number of rotatable bonds is 10. The van der Waals surface area contributed by atoms with Crippen LogP contribution in [0.4, 0.5) is 10.1 Å². The number of ether oxygens (including phenoxy) is 2. The van der Waals surface area contributed by atoms with Crippen molar-refractivity contribution in [2.75, 3.05) is 45.8 Å². The SMILES string of the molecule is CCN(Cc1ccc(OCCN(C)C)c(F)c1)c1cc(OC)ccc1[C@H]1CCc2cc(O)ccc2C1. The molecule has 3 aromatic carbocycles. The van der Waals surface area contributed by atoms with Crippen molar-refractivity contribution in [2.24, 2.45) is 0 Å². The van der Waals surface area contributed by atoms with Crippen molar-refractivity contribution < 1.29 is 19.0 Å². The van der Waals surface area contributed by atoms with Gasteiger partial charge in [-0.1, -0.05) is 18.2 Å². The van der Waals surface area contributed by atoms with Gasteiger partial charge in [0.25, 0.3) is 0 Å². The monoisotopic (exact) mass is 492 g/mol. The van der Waals surface area contributed by atoms with Gasteiger partial charge < -0.3 is 24.4 Å². The van der Waals surface area contributed by atoms with Gasteiger partial charge in [-0.05, 0) is 98.8 Å². The highest BCUT2D eigenvalue weighted by molar-refractivity contribution is 5.60. The van der Waals surface area contributed by atoms with Gasteiger partial charge >= 0.3 is 0 Å². The van der Waals surface area contributed by atoms with Gasteiger partial charge in [0, 0.05) is 31.4 Å². The van der Waals surface area contributed by atoms with Crippen molar-refractivity contribution >= 4 is 5.69 Å². The van der Waals surface area contributed by atoms with E-state index in [1.165, 1.54) is 16.7 Å². The van der Waals surface area contributed by atoms with Crippen LogP contribution in [0.25, 0.3) is 0 Å². The molecule has 0 aromatic heterocycles. The van der Waals surface area contributed by atoms with Gasteiger partial charge in [-0.25, -0.2) is 4.39 Å². The minimum absolute atomic E-state index is 0.289. The largest absolute Gasteiger partial charge is 0.508 e. The maximum absolute atomic E-state index is 14.8. The Balaban J connectivity index is 1.57. The number of hydrogen-bond donors (Lipinski definition) is 1. The maximum atomic E-state index is 14.8. The molecule has 36 heavy (non-hydrogen) atoms. The van der Waals surface area contributed by atoms with Gasteiger partial charge in [0.2, 0.25) is 0 Å². The molecule has 1 N–H and O–H groups in total. The Morgan fingerprint density at radius 2 is 1.86 bits per heavy atom. The standard InChI is InChI=1S/C30H37FN2O3/c1-5-33(20-21-6-13-30(28(31)16-21)36-15-14-32(2)3)29-19-26(35-4)11-12-27(29)24-8-7-23-18-25(34)10-9-22(23)17-24/h6,9-13,16,18-19,24,34H,5,7-8,14-15,17,20H2,1-4H3/t24-/m0/s1. The molecule has 0 unspecified atom stereocenters. The highest BCUT2D eigenvalue weighted by atomic mass is 19.1. The smallest absolute Gasteiger partial charge is 0.165 e. The van der Waals surface area contributed by atoms with Gasteiger partial charge in [0.1, 0.15) is 18.1 Å². The number of aromatic hydroxyl groups is 1. The van der Waals surface area contributed by atoms with Crippen molar-refractivity contribution in [3.05, 3.63) is 82.7 Å². The Labute approximate surface area is 214 Å². The van der Waals surface area contributed by atoms with E-state index >= 15 is 0 Å². The molecule has 0 amide bonds. The third kappa shape index (κ3) is 6.11. The molecule has 4 rings (SSSR count). The Morgan fingerprint density at radius 3 is 2.58 bits per heavy atom. The lowest BCUT2D eigenvalue weighted by atomic mass is 9.79. The van der Waals surface area contributed by atoms with Crippen LogP contribution in [0, 0.1) is 5.82 Å². The number of hydrogen-bond acceptors (Lipinski definition) is 5. The predicted molar refractivity (Wildman–Crippen MR) is 143 cm³/mol. The summed E-state index contributed by atoms with van der Waals surface area (Å²) < 4.78 is 26.0. The minimum atomic E-state index is -0.333. The van der Waals surface area contributed by atoms with Crippen molar-refractivity contribution in [3.63, 3.8) is 0 Å². The summed E-state index contributed by atoms with van der Waals surface area (Å²) in [5.41, 5.74) is 5.82. The average Bonchev–Trinajstić information content (AvgIpc) is 2.87. The number of nitrogens with zero attached hydrogens (tertiary/aromatic N) is 2. The van der Waals surface area contributed by atoms with E-state index in [1.54, 1.807) is 25.3 Å². The molecule has 1 aliphatic rings. The highest BCUT2D eigenvalue weighted by Crippen LogP contribution is 2.40. The van der Waals surface area contributed by atoms with Crippen LogP contribution in [0.2, 0.25) is 0 Å². The Kier molecular flexibility index (Phi) is 8.36. The van der Waals surface area contributed by atoms with Crippen molar-refractivity contribution in [2.45, 2.75) is 38.6 Å². The second-order valence-corrected chi connectivity index (χ2v) is 9.75. The summed E-state index contributed by atoms with van der Waals surface area (Å²) in [6, 6.07) is 17.3. The second-order valence-electron chi connectivity index (χ2n) is 9.75. The fourth-order valence-corrected chi connectivity index (χ4v) is 4.96. The molecule has 0 spiro atoms. The first-order chi connectivity index (χ1) is 17.4. The molecule has 0 heterocycles. The van der Waals surface area contributed by atoms with E-state index in [1.807, 2.05) is 43.3 Å². The van der Waals surface area contributed by atoms with Gasteiger partial charge in [-0.3, -0.25) is 0 Å². The number of likely N-dealkylation sites (N-methyl/N-ethyl adjacent to an activating group) is 1. The Bertz CT molecular complexity index is 1180. The van der Waals surface area contributed by atoms with Crippen molar-refractivity contribution in [3.8, 4) is 17.2 Å². The summed E-state index contributed by atoms with van der Waals surface area (Å²) in [6.45, 7) is 4.66. The van der Waals surface area contributed by atoms with Gasteiger partial charge in [0.05, 0.1) is 7.11 Å². The molecule has 3 aromatic rings. The molecule has 192 valence electrons. The van der Waals surface area contributed by atoms with Gasteiger partial charge in [0.15, 0.2) is 11.6 Å². The molecule has 1 atom stereocenters. The first kappa shape index (κ1) is 25.8. The van der Waals surface area contributed by atoms with Crippen LogP contribution >= 0.6 is 0 Å². The van der Waals surface area contributed by atoms with Crippen LogP contribution in [0.15, 0.2) is 54.6 Å². The van der Waals surface area contributed by atoms with Crippen LogP contribution in [-0.4, -0.2) is 50.9 Å². The van der Waals surface area contributed by atoms with E-state index in [0.29, 0.717) is 24.8 Å². The molecule has 0 radical (unpaired) electrons. The number of anilines is 1. The zero-order valence-corrected chi connectivity index (χ0v) is 21.8. The zero-order chi connectivity index (χ0) is 25.7. The number of benzene rings is 3. The number of methoxy groups -OCH3 is 1. The number of fused-ring (bicyclic) bond motifs is 1. The van der Waals surface area contributed by atoms with Gasteiger partial charge in [-0.15, -0.1) is 0 Å². The maximum Gasteiger partial charge on any atom is 0.165 e. The third-order valence-electron chi connectivity index (χ3n) is 6.98. The average molecular weight is 493 g/mol. The molecule has 0 saturated heterocycles. The summed E-state index contributed by atoms with van der Waals surface area (Å²) in [4.78, 5) is 4.29. The first-order valence-corrected chi connectivity index (χ1v) is 12.7. The minimum Gasteiger partial charge on any atom is -0.508 e. The molecular weight excluding hydrogens is 455 g/mol. The fraction of sp³-hybridized carbons (Fsp3) is 0.400. The fourth-order valence-electron chi connectivity index (χ4n) is 4.96. The van der Waals surface area contributed by atoms with Crippen LogP contribution in [0.1, 0.15) is 41.5 Å². The summed E-state index contributed by atoms with van der Waals surface area (Å²) in [6.07, 6.45) is 2.88. The van der Waals surface area contributed by atoms with E-state index in [-0.39, 0.29) is 11.6 Å². The van der Waals surface area contributed by atoms with Crippen molar-refractivity contribution in [1.29, 1.82) is 0 Å². The summed E-state index contributed by atoms with van der Waals surface area (Å²) in [5, 5.41) is 9.86. The van der Waals surface area contributed by atoms with Gasteiger partial charge in [-0.2, -0.15) is 0 Å². The predicted octanol–water partition coefficient (Wildman–Crippen LogP) is 5.78. The summed E-state index contributed by atoms with van der Waals surface area (Å²) in [5.74, 6) is 1.46. The van der Waals surface area contributed by atoms with Crippen molar-refractivity contribution in [1.82, 2.24) is 4.90 Å². The molecule has 0 bridgehead atoms. The van der Waals surface area contributed by atoms with Crippen LogP contribution in [-0.2, 0) is 19.4 Å². The lowest BCUT2D eigenvalue weighted by Gasteiger charge is -2.32. The number of aryl methyl sites for hydroxylation is 1. The molecule has 0 aliphatic heterocycles. The molecule has 5 nitrogen and oxygen atoms in total. The lowest BCUT2D eigenvalue weighted by Crippen LogP contribution is -2.25. The van der Waals surface area contributed by atoms with E-state index in [9.17, 15) is 9.50 Å². The Morgan fingerprint density at radius 1 is 1.03 bits per heavy atom. The lowest BCUT2D eigenvalue weighted by molar-refractivity contribution is 0.252.